The fourth-order valence-electron chi connectivity index (χ4n) is 1.08. The fourth-order valence-corrected chi connectivity index (χ4v) is 1.08. The van der Waals surface area contributed by atoms with Gasteiger partial charge in [-0.15, -0.1) is 0 Å². The van der Waals surface area contributed by atoms with Gasteiger partial charge in [0.15, 0.2) is 0 Å². The summed E-state index contributed by atoms with van der Waals surface area (Å²) in [5.74, 6) is 0. The molecule has 0 heterocycles. The Morgan fingerprint density at radius 3 is 2.50 bits per heavy atom. The zero-order valence-electron chi connectivity index (χ0n) is 11.2. The molecule has 0 radical (unpaired) electrons. The SMILES string of the molecule is C=C/C=C(/C)C(=C)N/C=C/C(N)/C(C)=C\NC=C. The van der Waals surface area contributed by atoms with Crippen LogP contribution in [0.3, 0.4) is 0 Å². The van der Waals surface area contributed by atoms with Crippen molar-refractivity contribution in [1.82, 2.24) is 10.6 Å². The van der Waals surface area contributed by atoms with Crippen molar-refractivity contribution < 1.29 is 0 Å². The molecule has 0 aromatic rings. The number of hydrogen-bond acceptors (Lipinski definition) is 3. The van der Waals surface area contributed by atoms with Gasteiger partial charge in [0.05, 0.1) is 0 Å². The van der Waals surface area contributed by atoms with Crippen LogP contribution < -0.4 is 16.4 Å². The second-order valence-corrected chi connectivity index (χ2v) is 3.85. The predicted molar refractivity (Wildman–Crippen MR) is 80.4 cm³/mol. The second-order valence-electron chi connectivity index (χ2n) is 3.85. The Morgan fingerprint density at radius 2 is 1.94 bits per heavy atom. The van der Waals surface area contributed by atoms with Crippen molar-refractivity contribution in [2.75, 3.05) is 0 Å². The molecular weight excluding hydrogens is 222 g/mol. The first-order valence-electron chi connectivity index (χ1n) is 5.74. The van der Waals surface area contributed by atoms with Gasteiger partial charge in [0.1, 0.15) is 0 Å². The molecule has 0 saturated carbocycles. The van der Waals surface area contributed by atoms with Crippen LogP contribution in [0.5, 0.6) is 0 Å². The van der Waals surface area contributed by atoms with Crippen LogP contribution in [0, 0.1) is 0 Å². The first-order chi connectivity index (χ1) is 8.52. The summed E-state index contributed by atoms with van der Waals surface area (Å²) in [7, 11) is 0. The maximum absolute atomic E-state index is 5.95. The van der Waals surface area contributed by atoms with Gasteiger partial charge in [0, 0.05) is 17.9 Å². The Balaban J connectivity index is 4.32. The standard InChI is InChI=1S/C15H23N3/c1-6-8-12(3)14(5)18-10-9-15(16)13(4)11-17-7-2/h6-11,15,17-18H,1-2,5,16H2,3-4H3/b10-9+,12-8-,13-11-. The first-order valence-corrected chi connectivity index (χ1v) is 5.74. The maximum atomic E-state index is 5.95. The van der Waals surface area contributed by atoms with E-state index in [9.17, 15) is 0 Å². The van der Waals surface area contributed by atoms with Crippen molar-refractivity contribution in [1.29, 1.82) is 0 Å². The third-order valence-electron chi connectivity index (χ3n) is 2.36. The van der Waals surface area contributed by atoms with Crippen LogP contribution in [0.25, 0.3) is 0 Å². The molecule has 1 unspecified atom stereocenters. The summed E-state index contributed by atoms with van der Waals surface area (Å²) in [6, 6.07) is -0.151. The Bertz CT molecular complexity index is 387. The van der Waals surface area contributed by atoms with Crippen molar-refractivity contribution >= 4 is 0 Å². The molecule has 0 spiro atoms. The normalized spacial score (nSPS) is 14.2. The van der Waals surface area contributed by atoms with Gasteiger partial charge in [0.25, 0.3) is 0 Å². The summed E-state index contributed by atoms with van der Waals surface area (Å²) < 4.78 is 0. The van der Waals surface area contributed by atoms with E-state index in [1.807, 2.05) is 32.2 Å². The van der Waals surface area contributed by atoms with E-state index in [4.69, 9.17) is 5.73 Å². The van der Waals surface area contributed by atoms with Gasteiger partial charge in [-0.1, -0.05) is 31.9 Å². The number of hydrogen-bond donors (Lipinski definition) is 3. The maximum Gasteiger partial charge on any atom is 0.0471 e. The van der Waals surface area contributed by atoms with Crippen LogP contribution in [0.2, 0.25) is 0 Å². The van der Waals surface area contributed by atoms with Crippen molar-refractivity contribution in [2.24, 2.45) is 5.73 Å². The molecular formula is C15H23N3. The largest absolute Gasteiger partial charge is 0.368 e. The molecule has 3 nitrogen and oxygen atoms in total. The lowest BCUT2D eigenvalue weighted by molar-refractivity contribution is 0.914. The van der Waals surface area contributed by atoms with E-state index in [-0.39, 0.29) is 6.04 Å². The molecule has 1 atom stereocenters. The highest BCUT2D eigenvalue weighted by Crippen LogP contribution is 2.03. The van der Waals surface area contributed by atoms with E-state index in [0.29, 0.717) is 0 Å². The lowest BCUT2D eigenvalue weighted by Crippen LogP contribution is -2.20. The summed E-state index contributed by atoms with van der Waals surface area (Å²) in [4.78, 5) is 0. The number of rotatable bonds is 8. The van der Waals surface area contributed by atoms with Crippen molar-refractivity contribution in [3.63, 3.8) is 0 Å². The van der Waals surface area contributed by atoms with Gasteiger partial charge < -0.3 is 16.4 Å². The van der Waals surface area contributed by atoms with Crippen molar-refractivity contribution in [3.8, 4) is 0 Å². The average molecular weight is 245 g/mol. The van der Waals surface area contributed by atoms with Gasteiger partial charge in [0.2, 0.25) is 0 Å². The van der Waals surface area contributed by atoms with Crippen molar-refractivity contribution in [3.05, 3.63) is 73.4 Å². The molecule has 0 rings (SSSR count). The first kappa shape index (κ1) is 16.0. The molecule has 0 aromatic carbocycles. The molecule has 0 aliphatic heterocycles. The van der Waals surface area contributed by atoms with Crippen LogP contribution in [0.4, 0.5) is 0 Å². The van der Waals surface area contributed by atoms with Crippen LogP contribution in [-0.2, 0) is 0 Å². The minimum atomic E-state index is -0.151. The van der Waals surface area contributed by atoms with Gasteiger partial charge in [-0.3, -0.25) is 0 Å². The lowest BCUT2D eigenvalue weighted by atomic mass is 10.1. The fraction of sp³-hybridized carbons (Fsp3) is 0.200. The van der Waals surface area contributed by atoms with Crippen LogP contribution >= 0.6 is 0 Å². The Kier molecular flexibility index (Phi) is 8.07. The molecule has 98 valence electrons. The zero-order valence-corrected chi connectivity index (χ0v) is 11.2. The Labute approximate surface area is 110 Å². The van der Waals surface area contributed by atoms with E-state index >= 15 is 0 Å². The lowest BCUT2D eigenvalue weighted by Gasteiger charge is -2.09. The molecule has 0 aliphatic carbocycles. The van der Waals surface area contributed by atoms with Gasteiger partial charge >= 0.3 is 0 Å². The highest BCUT2D eigenvalue weighted by atomic mass is 14.9. The summed E-state index contributed by atoms with van der Waals surface area (Å²) >= 11 is 0. The quantitative estimate of drug-likeness (QED) is 0.576. The predicted octanol–water partition coefficient (Wildman–Crippen LogP) is 2.70. The third kappa shape index (κ3) is 6.55. The molecule has 0 aromatic heterocycles. The van der Waals surface area contributed by atoms with E-state index in [1.165, 1.54) is 0 Å². The van der Waals surface area contributed by atoms with E-state index in [1.54, 1.807) is 18.5 Å². The molecule has 4 N–H and O–H groups in total. The van der Waals surface area contributed by atoms with Gasteiger partial charge in [-0.25, -0.2) is 0 Å². The van der Waals surface area contributed by atoms with Crippen LogP contribution in [-0.4, -0.2) is 6.04 Å². The summed E-state index contributed by atoms with van der Waals surface area (Å²) in [6.07, 6.45) is 10.7. The third-order valence-corrected chi connectivity index (χ3v) is 2.36. The number of nitrogens with one attached hydrogen (secondary N) is 2. The smallest absolute Gasteiger partial charge is 0.0471 e. The Morgan fingerprint density at radius 1 is 1.28 bits per heavy atom. The molecule has 0 fully saturated rings. The molecule has 0 bridgehead atoms. The molecule has 3 heteroatoms. The minimum Gasteiger partial charge on any atom is -0.368 e. The van der Waals surface area contributed by atoms with Crippen LogP contribution in [0.15, 0.2) is 73.4 Å². The van der Waals surface area contributed by atoms with E-state index < -0.39 is 0 Å². The average Bonchev–Trinajstić information content (AvgIpc) is 2.35. The highest BCUT2D eigenvalue weighted by molar-refractivity contribution is 5.29. The van der Waals surface area contributed by atoms with Gasteiger partial charge in [-0.2, -0.15) is 0 Å². The van der Waals surface area contributed by atoms with Crippen molar-refractivity contribution in [2.45, 2.75) is 19.9 Å². The summed E-state index contributed by atoms with van der Waals surface area (Å²) in [6.45, 7) is 15.0. The van der Waals surface area contributed by atoms with Crippen LogP contribution in [0.1, 0.15) is 13.8 Å². The topological polar surface area (TPSA) is 50.1 Å². The molecule has 0 saturated heterocycles. The van der Waals surface area contributed by atoms with Gasteiger partial charge in [-0.05, 0) is 43.5 Å². The zero-order chi connectivity index (χ0) is 14.0. The number of nitrogens with two attached hydrogens (primary N) is 1. The monoisotopic (exact) mass is 245 g/mol. The number of allylic oxidation sites excluding steroid dienone is 3. The Hall–Kier alpha value is -2.00. The molecule has 0 amide bonds. The highest BCUT2D eigenvalue weighted by Gasteiger charge is 1.99. The van der Waals surface area contributed by atoms with E-state index in [2.05, 4.69) is 30.4 Å². The minimum absolute atomic E-state index is 0.151. The second kappa shape index (κ2) is 9.07. The van der Waals surface area contributed by atoms with E-state index in [0.717, 1.165) is 16.8 Å². The molecule has 18 heavy (non-hydrogen) atoms. The summed E-state index contributed by atoms with van der Waals surface area (Å²) in [5.41, 5.74) is 8.81. The molecule has 0 aliphatic rings. The summed E-state index contributed by atoms with van der Waals surface area (Å²) in [5, 5.41) is 5.96.